The van der Waals surface area contributed by atoms with Gasteiger partial charge in [-0.1, -0.05) is 37.6 Å². The van der Waals surface area contributed by atoms with Crippen molar-refractivity contribution in [3.63, 3.8) is 0 Å². The van der Waals surface area contributed by atoms with Crippen LogP contribution < -0.4 is 4.48 Å². The van der Waals surface area contributed by atoms with Gasteiger partial charge in [0.05, 0.1) is 36.2 Å². The average molecular weight is 457 g/mol. The number of rotatable bonds is 8. The number of hydrogen-bond acceptors (Lipinski definition) is 4. The third-order valence-corrected chi connectivity index (χ3v) is 7.35. The molecule has 1 saturated heterocycles. The number of unbranched alkanes of at least 4 members (excludes halogenated alkanes) is 1. The summed E-state index contributed by atoms with van der Waals surface area (Å²) in [6.07, 6.45) is 6.40. The van der Waals surface area contributed by atoms with E-state index in [0.29, 0.717) is 16.6 Å². The Morgan fingerprint density at radius 2 is 2.00 bits per heavy atom. The number of aromatic nitrogens is 2. The monoisotopic (exact) mass is 456 g/mol. The normalized spacial score (nSPS) is 19.6. The van der Waals surface area contributed by atoms with Crippen LogP contribution in [0.4, 0.5) is 5.69 Å². The third-order valence-electron chi connectivity index (χ3n) is 7.35. The maximum Gasteiger partial charge on any atom is 0.332 e. The van der Waals surface area contributed by atoms with E-state index in [1.165, 1.54) is 11.1 Å². The molecule has 3 aromatic rings. The number of benzene rings is 2. The van der Waals surface area contributed by atoms with E-state index in [1.807, 2.05) is 30.5 Å². The number of nitrogens with zero attached hydrogens (tertiary/aromatic N) is 4. The second-order valence-corrected chi connectivity index (χ2v) is 9.39. The summed E-state index contributed by atoms with van der Waals surface area (Å²) in [5, 5.41) is 9.12. The highest BCUT2D eigenvalue weighted by Crippen LogP contribution is 2.35. The molecule has 1 aliphatic rings. The van der Waals surface area contributed by atoms with Gasteiger partial charge in [0.2, 0.25) is 0 Å². The maximum absolute atomic E-state index is 14.0. The number of nitriles is 1. The van der Waals surface area contributed by atoms with Crippen molar-refractivity contribution in [3.8, 4) is 6.07 Å². The number of aromatic amines is 1. The summed E-state index contributed by atoms with van der Waals surface area (Å²) in [5.74, 6) is 0.262. The van der Waals surface area contributed by atoms with Gasteiger partial charge in [0.15, 0.2) is 0 Å². The van der Waals surface area contributed by atoms with Gasteiger partial charge in [0.25, 0.3) is 0 Å². The van der Waals surface area contributed by atoms with E-state index in [0.717, 1.165) is 55.8 Å². The molecule has 2 unspecified atom stereocenters. The van der Waals surface area contributed by atoms with Crippen LogP contribution in [0.3, 0.4) is 0 Å². The lowest BCUT2D eigenvalue weighted by molar-refractivity contribution is -0.136. The molecule has 0 radical (unpaired) electrons. The van der Waals surface area contributed by atoms with Crippen molar-refractivity contribution in [2.75, 3.05) is 26.2 Å². The zero-order valence-corrected chi connectivity index (χ0v) is 20.4. The second-order valence-electron chi connectivity index (χ2n) is 9.39. The molecule has 0 spiro atoms. The molecule has 2 atom stereocenters. The number of carbonyl (C=O) groups is 1. The highest BCUT2D eigenvalue weighted by molar-refractivity contribution is 5.91. The highest BCUT2D eigenvalue weighted by Gasteiger charge is 2.45. The summed E-state index contributed by atoms with van der Waals surface area (Å²) < 4.78 is 0.435. The summed E-state index contributed by atoms with van der Waals surface area (Å²) in [7, 11) is 0. The van der Waals surface area contributed by atoms with Gasteiger partial charge >= 0.3 is 5.91 Å². The molecule has 34 heavy (non-hydrogen) atoms. The van der Waals surface area contributed by atoms with E-state index in [4.69, 9.17) is 5.26 Å². The van der Waals surface area contributed by atoms with Crippen LogP contribution in [0.15, 0.2) is 55.0 Å². The van der Waals surface area contributed by atoms with Crippen molar-refractivity contribution in [3.05, 3.63) is 82.9 Å². The van der Waals surface area contributed by atoms with Crippen LogP contribution in [0.1, 0.15) is 53.8 Å². The van der Waals surface area contributed by atoms with Crippen LogP contribution in [0.25, 0.3) is 0 Å². The molecule has 4 rings (SSSR count). The van der Waals surface area contributed by atoms with E-state index in [2.05, 4.69) is 59.9 Å². The fraction of sp³-hybridized carbons (Fsp3) is 0.393. The van der Waals surface area contributed by atoms with E-state index < -0.39 is 0 Å². The SMILES string of the molecule is CCCC[N+]1(c2cccc(C)c2C)CCN(C(Cc2ccc(C#N)cc2)c2cnc[nH]2)CC1=O. The number of amides is 1. The van der Waals surface area contributed by atoms with Crippen LogP contribution in [-0.4, -0.2) is 47.0 Å². The quantitative estimate of drug-likeness (QED) is 0.493. The minimum absolute atomic E-state index is 0.0198. The molecule has 6 nitrogen and oxygen atoms in total. The summed E-state index contributed by atoms with van der Waals surface area (Å²) >= 11 is 0. The molecule has 0 bridgehead atoms. The lowest BCUT2D eigenvalue weighted by Crippen LogP contribution is -2.65. The largest absolute Gasteiger partial charge is 0.347 e. The van der Waals surface area contributed by atoms with Gasteiger partial charge in [0.1, 0.15) is 18.8 Å². The molecule has 176 valence electrons. The Kier molecular flexibility index (Phi) is 7.26. The summed E-state index contributed by atoms with van der Waals surface area (Å²) in [6.45, 7) is 9.29. The zero-order chi connectivity index (χ0) is 24.1. The van der Waals surface area contributed by atoms with Gasteiger partial charge in [-0.2, -0.15) is 5.26 Å². The number of aryl methyl sites for hydroxylation is 1. The van der Waals surface area contributed by atoms with Gasteiger partial charge in [-0.25, -0.2) is 14.3 Å². The number of hydrogen-bond donors (Lipinski definition) is 1. The van der Waals surface area contributed by atoms with E-state index >= 15 is 0 Å². The first-order valence-corrected chi connectivity index (χ1v) is 12.2. The Bertz CT molecular complexity index is 1160. The first kappa shape index (κ1) is 23.9. The molecule has 1 amide bonds. The number of H-pyrrole nitrogens is 1. The molecular formula is C28H34N5O+. The first-order valence-electron chi connectivity index (χ1n) is 12.2. The van der Waals surface area contributed by atoms with Crippen LogP contribution in [0.5, 0.6) is 0 Å². The van der Waals surface area contributed by atoms with Gasteiger partial charge < -0.3 is 4.98 Å². The smallest absolute Gasteiger partial charge is 0.332 e. The molecular weight excluding hydrogens is 422 g/mol. The highest BCUT2D eigenvalue weighted by atomic mass is 16.2. The zero-order valence-electron chi connectivity index (χ0n) is 20.4. The Labute approximate surface area is 202 Å². The van der Waals surface area contributed by atoms with Crippen LogP contribution in [0.2, 0.25) is 0 Å². The summed E-state index contributed by atoms with van der Waals surface area (Å²) in [6, 6.07) is 16.3. The molecule has 1 aromatic heterocycles. The van der Waals surface area contributed by atoms with E-state index in [-0.39, 0.29) is 11.9 Å². The average Bonchev–Trinajstić information content (AvgIpc) is 3.39. The molecule has 2 heterocycles. The number of nitrogens with one attached hydrogen (secondary N) is 1. The number of quaternary nitrogens is 1. The van der Waals surface area contributed by atoms with Crippen molar-refractivity contribution >= 4 is 11.6 Å². The molecule has 0 saturated carbocycles. The number of imidazole rings is 1. The molecule has 1 aliphatic heterocycles. The molecule has 0 aliphatic carbocycles. The van der Waals surface area contributed by atoms with E-state index in [1.54, 1.807) is 6.33 Å². The summed E-state index contributed by atoms with van der Waals surface area (Å²) in [4.78, 5) is 23.8. The Morgan fingerprint density at radius 1 is 1.21 bits per heavy atom. The van der Waals surface area contributed by atoms with Crippen molar-refractivity contribution in [2.24, 2.45) is 0 Å². The molecule has 1 N–H and O–H groups in total. The van der Waals surface area contributed by atoms with Gasteiger partial charge in [-0.05, 0) is 56.0 Å². The fourth-order valence-corrected chi connectivity index (χ4v) is 5.14. The van der Waals surface area contributed by atoms with Crippen molar-refractivity contribution in [2.45, 2.75) is 46.1 Å². The van der Waals surface area contributed by atoms with E-state index in [9.17, 15) is 4.79 Å². The topological polar surface area (TPSA) is 72.8 Å². The lowest BCUT2D eigenvalue weighted by atomic mass is 9.98. The van der Waals surface area contributed by atoms with Gasteiger partial charge in [-0.3, -0.25) is 4.90 Å². The minimum Gasteiger partial charge on any atom is -0.347 e. The van der Waals surface area contributed by atoms with Crippen LogP contribution >= 0.6 is 0 Å². The Hall–Kier alpha value is -3.27. The van der Waals surface area contributed by atoms with Crippen LogP contribution in [0, 0.1) is 25.2 Å². The fourth-order valence-electron chi connectivity index (χ4n) is 5.14. The van der Waals surface area contributed by atoms with Crippen LogP contribution in [-0.2, 0) is 11.2 Å². The first-order chi connectivity index (χ1) is 16.5. The third kappa shape index (κ3) is 4.68. The second kappa shape index (κ2) is 10.3. The van der Waals surface area contributed by atoms with Gasteiger partial charge in [0, 0.05) is 18.3 Å². The number of piperazine rings is 1. The number of carbonyl (C=O) groups excluding carboxylic acids is 1. The lowest BCUT2D eigenvalue weighted by Gasteiger charge is -2.44. The van der Waals surface area contributed by atoms with Crippen molar-refractivity contribution in [1.82, 2.24) is 19.4 Å². The molecule has 1 fully saturated rings. The predicted molar refractivity (Wildman–Crippen MR) is 135 cm³/mol. The standard InChI is InChI=1S/C28H34N5O/c1-4-5-14-33(27-8-6-7-21(2)22(27)3)15-13-32(19-28(33)34)26(25-18-30-20-31-25)16-23-9-11-24(17-29)12-10-23/h6-12,18,20,26H,4-5,13-16,19H2,1-3H3,(H,30,31)/q+1. The van der Waals surface area contributed by atoms with Crippen molar-refractivity contribution in [1.29, 1.82) is 5.26 Å². The minimum atomic E-state index is 0.0198. The predicted octanol–water partition coefficient (Wildman–Crippen LogP) is 4.83. The summed E-state index contributed by atoms with van der Waals surface area (Å²) in [5.41, 5.74) is 6.42. The van der Waals surface area contributed by atoms with Gasteiger partial charge in [-0.15, -0.1) is 0 Å². The molecule has 2 aromatic carbocycles. The Balaban J connectivity index is 1.63. The molecule has 6 heteroatoms. The van der Waals surface area contributed by atoms with Crippen molar-refractivity contribution < 1.29 is 4.79 Å². The maximum atomic E-state index is 14.0. The Morgan fingerprint density at radius 3 is 2.65 bits per heavy atom.